The second-order valence-corrected chi connectivity index (χ2v) is 17.5. The lowest BCUT2D eigenvalue weighted by atomic mass is 10.0. The molecule has 0 fully saturated rings. The standard InChI is InChI=1S/C42H85N2O6P/c1-6-8-10-12-14-16-18-20-22-24-26-28-30-32-34-36-42(46)43-40(39-50-51(47,48)49-38-37-44(3,4)5)41(45)35-33-31-29-27-25-23-21-19-17-15-13-11-9-7-2/h33,35,40-41,45H,6-32,34,36-39H2,1-5H3,(H-,43,46,47,48)/p+1/b35-33+. The molecule has 0 aliphatic heterocycles. The summed E-state index contributed by atoms with van der Waals surface area (Å²) in [6.45, 7) is 4.82. The van der Waals surface area contributed by atoms with Crippen molar-refractivity contribution in [2.75, 3.05) is 40.9 Å². The molecule has 0 aliphatic rings. The highest BCUT2D eigenvalue weighted by molar-refractivity contribution is 7.47. The Morgan fingerprint density at radius 2 is 1.04 bits per heavy atom. The van der Waals surface area contributed by atoms with Crippen LogP contribution >= 0.6 is 7.82 Å². The number of quaternary nitrogens is 1. The van der Waals surface area contributed by atoms with Crippen molar-refractivity contribution >= 4 is 13.7 Å². The van der Waals surface area contributed by atoms with E-state index in [-0.39, 0.29) is 19.1 Å². The van der Waals surface area contributed by atoms with E-state index in [0.717, 1.165) is 38.5 Å². The van der Waals surface area contributed by atoms with Crippen molar-refractivity contribution in [3.63, 3.8) is 0 Å². The van der Waals surface area contributed by atoms with Crippen molar-refractivity contribution < 1.29 is 32.9 Å². The molecule has 0 aromatic heterocycles. The molecular weight excluding hydrogens is 659 g/mol. The summed E-state index contributed by atoms with van der Waals surface area (Å²) in [4.78, 5) is 23.1. The van der Waals surface area contributed by atoms with Gasteiger partial charge in [0.15, 0.2) is 0 Å². The highest BCUT2D eigenvalue weighted by atomic mass is 31.2. The number of nitrogens with zero attached hydrogens (tertiary/aromatic N) is 1. The molecule has 3 atom stereocenters. The number of hydrogen-bond donors (Lipinski definition) is 3. The third-order valence-corrected chi connectivity index (χ3v) is 10.7. The van der Waals surface area contributed by atoms with Gasteiger partial charge in [-0.2, -0.15) is 0 Å². The van der Waals surface area contributed by atoms with E-state index in [1.54, 1.807) is 6.08 Å². The van der Waals surface area contributed by atoms with Crippen LogP contribution in [0.1, 0.15) is 200 Å². The molecule has 304 valence electrons. The van der Waals surface area contributed by atoms with Gasteiger partial charge in [-0.25, -0.2) is 4.57 Å². The summed E-state index contributed by atoms with van der Waals surface area (Å²) in [5.41, 5.74) is 0. The number of phosphoric ester groups is 1. The summed E-state index contributed by atoms with van der Waals surface area (Å²) < 4.78 is 23.5. The predicted octanol–water partition coefficient (Wildman–Crippen LogP) is 11.6. The van der Waals surface area contributed by atoms with E-state index in [9.17, 15) is 19.4 Å². The first-order valence-electron chi connectivity index (χ1n) is 21.6. The van der Waals surface area contributed by atoms with Crippen LogP contribution in [0.25, 0.3) is 0 Å². The average Bonchev–Trinajstić information content (AvgIpc) is 3.07. The van der Waals surface area contributed by atoms with Gasteiger partial charge >= 0.3 is 7.82 Å². The van der Waals surface area contributed by atoms with Gasteiger partial charge in [0, 0.05) is 6.42 Å². The van der Waals surface area contributed by atoms with E-state index in [1.807, 2.05) is 27.2 Å². The number of hydrogen-bond acceptors (Lipinski definition) is 5. The number of aliphatic hydroxyl groups excluding tert-OH is 1. The van der Waals surface area contributed by atoms with E-state index >= 15 is 0 Å². The fourth-order valence-electron chi connectivity index (χ4n) is 6.28. The first kappa shape index (κ1) is 50.2. The second-order valence-electron chi connectivity index (χ2n) is 16.1. The quantitative estimate of drug-likeness (QED) is 0.0250. The first-order chi connectivity index (χ1) is 24.5. The minimum Gasteiger partial charge on any atom is -0.387 e. The lowest BCUT2D eigenvalue weighted by Crippen LogP contribution is -2.45. The van der Waals surface area contributed by atoms with Crippen LogP contribution in [0.4, 0.5) is 0 Å². The van der Waals surface area contributed by atoms with Crippen LogP contribution in [-0.2, 0) is 18.4 Å². The molecule has 0 radical (unpaired) electrons. The number of allylic oxidation sites excluding steroid dienone is 1. The van der Waals surface area contributed by atoms with Gasteiger partial charge in [-0.1, -0.05) is 187 Å². The molecule has 0 saturated heterocycles. The van der Waals surface area contributed by atoms with Crippen LogP contribution in [0.2, 0.25) is 0 Å². The number of aliphatic hydroxyl groups is 1. The normalized spacial score (nSPS) is 14.6. The Hall–Kier alpha value is -0.760. The second kappa shape index (κ2) is 35.0. The smallest absolute Gasteiger partial charge is 0.387 e. The van der Waals surface area contributed by atoms with Gasteiger partial charge in [-0.05, 0) is 19.3 Å². The lowest BCUT2D eigenvalue weighted by molar-refractivity contribution is -0.870. The van der Waals surface area contributed by atoms with Crippen molar-refractivity contribution in [3.8, 4) is 0 Å². The maximum absolute atomic E-state index is 12.8. The van der Waals surface area contributed by atoms with E-state index in [4.69, 9.17) is 9.05 Å². The summed E-state index contributed by atoms with van der Waals surface area (Å²) in [6, 6.07) is -0.838. The number of unbranched alkanes of at least 4 members (excludes halogenated alkanes) is 26. The Morgan fingerprint density at radius 1 is 0.647 bits per heavy atom. The number of phosphoric acid groups is 1. The largest absolute Gasteiger partial charge is 0.472 e. The predicted molar refractivity (Wildman–Crippen MR) is 217 cm³/mol. The van der Waals surface area contributed by atoms with Crippen molar-refractivity contribution in [2.24, 2.45) is 0 Å². The summed E-state index contributed by atoms with van der Waals surface area (Å²) in [5, 5.41) is 13.8. The zero-order valence-electron chi connectivity index (χ0n) is 34.4. The van der Waals surface area contributed by atoms with Gasteiger partial charge in [0.05, 0.1) is 39.9 Å². The number of carbonyl (C=O) groups is 1. The molecule has 0 spiro atoms. The number of likely N-dealkylation sites (N-methyl/N-ethyl adjacent to an activating group) is 1. The number of rotatable bonds is 39. The van der Waals surface area contributed by atoms with Crippen LogP contribution < -0.4 is 5.32 Å². The molecule has 3 unspecified atom stereocenters. The maximum Gasteiger partial charge on any atom is 0.472 e. The Kier molecular flexibility index (Phi) is 34.5. The molecule has 0 saturated carbocycles. The van der Waals surface area contributed by atoms with E-state index in [2.05, 4.69) is 19.2 Å². The molecule has 0 heterocycles. The van der Waals surface area contributed by atoms with Crippen LogP contribution in [0, 0.1) is 0 Å². The van der Waals surface area contributed by atoms with Gasteiger partial charge in [0.2, 0.25) is 5.91 Å². The Labute approximate surface area is 316 Å². The highest BCUT2D eigenvalue weighted by Gasteiger charge is 2.27. The zero-order valence-corrected chi connectivity index (χ0v) is 35.3. The van der Waals surface area contributed by atoms with Gasteiger partial charge in [0.1, 0.15) is 13.2 Å². The van der Waals surface area contributed by atoms with Gasteiger partial charge in [0.25, 0.3) is 0 Å². The fourth-order valence-corrected chi connectivity index (χ4v) is 7.01. The molecule has 0 rings (SSSR count). The topological polar surface area (TPSA) is 105 Å². The number of amides is 1. The average molecular weight is 746 g/mol. The molecule has 9 heteroatoms. The molecular formula is C42H86N2O6P+. The van der Waals surface area contributed by atoms with Crippen molar-refractivity contribution in [3.05, 3.63) is 12.2 Å². The van der Waals surface area contributed by atoms with Crippen LogP contribution in [-0.4, -0.2) is 73.4 Å². The lowest BCUT2D eigenvalue weighted by Gasteiger charge is -2.25. The minimum atomic E-state index is -4.33. The molecule has 0 aliphatic carbocycles. The van der Waals surface area contributed by atoms with E-state index < -0.39 is 20.0 Å². The summed E-state index contributed by atoms with van der Waals surface area (Å²) in [6.07, 6.45) is 38.4. The molecule has 1 amide bonds. The van der Waals surface area contributed by atoms with Crippen molar-refractivity contribution in [2.45, 2.75) is 212 Å². The molecule has 0 bridgehead atoms. The maximum atomic E-state index is 12.8. The van der Waals surface area contributed by atoms with Gasteiger partial charge < -0.3 is 19.8 Å². The van der Waals surface area contributed by atoms with Gasteiger partial charge in [-0.15, -0.1) is 0 Å². The number of carbonyl (C=O) groups excluding carboxylic acids is 1. The Bertz CT molecular complexity index is 850. The van der Waals surface area contributed by atoms with Crippen LogP contribution in [0.5, 0.6) is 0 Å². The van der Waals surface area contributed by atoms with Crippen molar-refractivity contribution in [1.29, 1.82) is 0 Å². The first-order valence-corrected chi connectivity index (χ1v) is 23.1. The fraction of sp³-hybridized carbons (Fsp3) is 0.929. The third-order valence-electron chi connectivity index (χ3n) is 9.76. The summed E-state index contributed by atoms with van der Waals surface area (Å²) in [5.74, 6) is -0.176. The number of nitrogens with one attached hydrogen (secondary N) is 1. The molecule has 0 aromatic rings. The highest BCUT2D eigenvalue weighted by Crippen LogP contribution is 2.43. The monoisotopic (exact) mass is 746 g/mol. The summed E-state index contributed by atoms with van der Waals surface area (Å²) >= 11 is 0. The Balaban J connectivity index is 4.43. The van der Waals surface area contributed by atoms with Crippen LogP contribution in [0.15, 0.2) is 12.2 Å². The molecule has 8 nitrogen and oxygen atoms in total. The van der Waals surface area contributed by atoms with E-state index in [1.165, 1.54) is 141 Å². The molecule has 3 N–H and O–H groups in total. The van der Waals surface area contributed by atoms with Gasteiger partial charge in [-0.3, -0.25) is 13.8 Å². The zero-order chi connectivity index (χ0) is 37.9. The molecule has 51 heavy (non-hydrogen) atoms. The molecule has 0 aromatic carbocycles. The van der Waals surface area contributed by atoms with Crippen LogP contribution in [0.3, 0.4) is 0 Å². The minimum absolute atomic E-state index is 0.0645. The SMILES string of the molecule is CCCCCCCCCCCCCC/C=C/C(O)C(COP(=O)(O)OCC[N+](C)(C)C)NC(=O)CCCCCCCCCCCCCCCCC. The van der Waals surface area contributed by atoms with E-state index in [0.29, 0.717) is 17.4 Å². The Morgan fingerprint density at radius 3 is 1.45 bits per heavy atom. The third kappa shape index (κ3) is 37.4. The van der Waals surface area contributed by atoms with Crippen molar-refractivity contribution in [1.82, 2.24) is 5.32 Å². The summed E-state index contributed by atoms with van der Waals surface area (Å²) in [7, 11) is 1.58.